The van der Waals surface area contributed by atoms with Crippen LogP contribution in [-0.2, 0) is 4.74 Å². The van der Waals surface area contributed by atoms with Crippen LogP contribution in [0, 0.1) is 11.3 Å². The van der Waals surface area contributed by atoms with Crippen LogP contribution in [0.3, 0.4) is 0 Å². The maximum atomic E-state index is 12.5. The lowest BCUT2D eigenvalue weighted by molar-refractivity contribution is -0.120. The zero-order chi connectivity index (χ0) is 15.5. The standard InChI is InChI=1S/C16H30N2O3/c1-4-16(5-2)13(9-14(16)21-3)17-15(20)18-8-6-7-12(10-18)11-19/h12-14,19H,4-11H2,1-3H3,(H,17,20)/t12-,13-,14-/m1/s1. The van der Waals surface area contributed by atoms with E-state index in [1.54, 1.807) is 7.11 Å². The van der Waals surface area contributed by atoms with E-state index in [0.29, 0.717) is 6.54 Å². The molecule has 0 aromatic carbocycles. The third-order valence-corrected chi connectivity index (χ3v) is 5.75. The summed E-state index contributed by atoms with van der Waals surface area (Å²) in [5.41, 5.74) is 0.0799. The molecule has 0 radical (unpaired) electrons. The maximum absolute atomic E-state index is 12.5. The van der Waals surface area contributed by atoms with Gasteiger partial charge < -0.3 is 20.1 Å². The van der Waals surface area contributed by atoms with Gasteiger partial charge in [-0.05, 0) is 38.0 Å². The number of ether oxygens (including phenoxy) is 1. The Kier molecular flexibility index (Phi) is 5.49. The third-order valence-electron chi connectivity index (χ3n) is 5.75. The highest BCUT2D eigenvalue weighted by Crippen LogP contribution is 2.48. The molecule has 122 valence electrons. The average Bonchev–Trinajstić information content (AvgIpc) is 2.52. The Balaban J connectivity index is 1.93. The molecule has 1 aliphatic heterocycles. The van der Waals surface area contributed by atoms with Gasteiger partial charge in [-0.2, -0.15) is 0 Å². The smallest absolute Gasteiger partial charge is 0.317 e. The van der Waals surface area contributed by atoms with Crippen molar-refractivity contribution in [3.63, 3.8) is 0 Å². The first-order valence-corrected chi connectivity index (χ1v) is 8.30. The molecule has 2 aliphatic rings. The van der Waals surface area contributed by atoms with Gasteiger partial charge in [-0.1, -0.05) is 13.8 Å². The number of carbonyl (C=O) groups is 1. The molecule has 1 saturated heterocycles. The maximum Gasteiger partial charge on any atom is 0.317 e. The monoisotopic (exact) mass is 298 g/mol. The quantitative estimate of drug-likeness (QED) is 0.816. The Labute approximate surface area is 128 Å². The predicted molar refractivity (Wildman–Crippen MR) is 82.1 cm³/mol. The van der Waals surface area contributed by atoms with Crippen molar-refractivity contribution in [2.45, 2.75) is 58.1 Å². The number of carbonyl (C=O) groups excluding carboxylic acids is 1. The van der Waals surface area contributed by atoms with Crippen LogP contribution in [0.1, 0.15) is 46.0 Å². The molecule has 2 N–H and O–H groups in total. The summed E-state index contributed by atoms with van der Waals surface area (Å²) >= 11 is 0. The van der Waals surface area contributed by atoms with Crippen molar-refractivity contribution in [3.05, 3.63) is 0 Å². The fraction of sp³-hybridized carbons (Fsp3) is 0.938. The van der Waals surface area contributed by atoms with Crippen molar-refractivity contribution >= 4 is 6.03 Å². The lowest BCUT2D eigenvalue weighted by Gasteiger charge is -2.55. The summed E-state index contributed by atoms with van der Waals surface area (Å²) in [6.45, 7) is 6.00. The Hall–Kier alpha value is -0.810. The first-order valence-electron chi connectivity index (χ1n) is 8.30. The number of aliphatic hydroxyl groups excluding tert-OH is 1. The lowest BCUT2D eigenvalue weighted by Crippen LogP contribution is -2.65. The molecule has 1 heterocycles. The predicted octanol–water partition coefficient (Wildman–Crippen LogP) is 1.99. The number of nitrogens with one attached hydrogen (secondary N) is 1. The molecule has 0 aromatic rings. The molecule has 2 rings (SSSR count). The minimum Gasteiger partial charge on any atom is -0.396 e. The highest BCUT2D eigenvalue weighted by atomic mass is 16.5. The van der Waals surface area contributed by atoms with Gasteiger partial charge in [0.1, 0.15) is 0 Å². The van der Waals surface area contributed by atoms with E-state index in [-0.39, 0.29) is 36.1 Å². The molecule has 2 fully saturated rings. The summed E-state index contributed by atoms with van der Waals surface area (Å²) in [7, 11) is 1.76. The van der Waals surface area contributed by atoms with Gasteiger partial charge in [0, 0.05) is 38.3 Å². The first-order chi connectivity index (χ1) is 10.1. The Bertz CT molecular complexity index is 357. The number of piperidine rings is 1. The number of likely N-dealkylation sites (tertiary alicyclic amines) is 1. The van der Waals surface area contributed by atoms with Crippen LogP contribution in [-0.4, -0.2) is 55.0 Å². The summed E-state index contributed by atoms with van der Waals surface area (Å²) in [6, 6.07) is 0.235. The Morgan fingerprint density at radius 3 is 2.71 bits per heavy atom. The van der Waals surface area contributed by atoms with Crippen molar-refractivity contribution in [1.82, 2.24) is 10.2 Å². The summed E-state index contributed by atoms with van der Waals surface area (Å²) < 4.78 is 5.58. The van der Waals surface area contributed by atoms with Gasteiger partial charge in [0.05, 0.1) is 6.10 Å². The molecular formula is C16H30N2O3. The molecule has 1 aliphatic carbocycles. The van der Waals surface area contributed by atoms with Crippen LogP contribution in [0.4, 0.5) is 4.79 Å². The normalized spacial score (nSPS) is 31.6. The molecule has 0 unspecified atom stereocenters. The van der Waals surface area contributed by atoms with Crippen molar-refractivity contribution < 1.29 is 14.6 Å². The minimum atomic E-state index is 0.0268. The third kappa shape index (κ3) is 3.04. The zero-order valence-corrected chi connectivity index (χ0v) is 13.6. The van der Waals surface area contributed by atoms with Crippen molar-refractivity contribution in [1.29, 1.82) is 0 Å². The number of methoxy groups -OCH3 is 1. The second kappa shape index (κ2) is 6.97. The summed E-state index contributed by atoms with van der Waals surface area (Å²) in [4.78, 5) is 14.3. The number of aliphatic hydroxyl groups is 1. The van der Waals surface area contributed by atoms with Crippen LogP contribution in [0.15, 0.2) is 0 Å². The molecule has 0 bridgehead atoms. The highest BCUT2D eigenvalue weighted by Gasteiger charge is 2.53. The largest absolute Gasteiger partial charge is 0.396 e. The number of urea groups is 1. The van der Waals surface area contributed by atoms with Crippen LogP contribution in [0.25, 0.3) is 0 Å². The van der Waals surface area contributed by atoms with Gasteiger partial charge in [0.2, 0.25) is 0 Å². The van der Waals surface area contributed by atoms with E-state index in [4.69, 9.17) is 4.74 Å². The molecule has 0 aromatic heterocycles. The molecule has 21 heavy (non-hydrogen) atoms. The van der Waals surface area contributed by atoms with Crippen molar-refractivity contribution in [3.8, 4) is 0 Å². The van der Waals surface area contributed by atoms with Gasteiger partial charge in [0.25, 0.3) is 0 Å². The van der Waals surface area contributed by atoms with E-state index in [1.165, 1.54) is 0 Å². The van der Waals surface area contributed by atoms with E-state index >= 15 is 0 Å². The molecule has 5 nitrogen and oxygen atoms in total. The average molecular weight is 298 g/mol. The second-order valence-corrected chi connectivity index (χ2v) is 6.54. The van der Waals surface area contributed by atoms with E-state index in [2.05, 4.69) is 19.2 Å². The number of hydrogen-bond donors (Lipinski definition) is 2. The van der Waals surface area contributed by atoms with Crippen LogP contribution in [0.5, 0.6) is 0 Å². The van der Waals surface area contributed by atoms with Gasteiger partial charge in [-0.25, -0.2) is 4.79 Å². The van der Waals surface area contributed by atoms with E-state index in [0.717, 1.165) is 38.6 Å². The second-order valence-electron chi connectivity index (χ2n) is 6.54. The highest BCUT2D eigenvalue weighted by molar-refractivity contribution is 5.75. The minimum absolute atomic E-state index is 0.0268. The fourth-order valence-corrected chi connectivity index (χ4v) is 4.12. The number of hydrogen-bond acceptors (Lipinski definition) is 3. The molecular weight excluding hydrogens is 268 g/mol. The fourth-order valence-electron chi connectivity index (χ4n) is 4.12. The number of amides is 2. The molecule has 5 heteroatoms. The van der Waals surface area contributed by atoms with Crippen LogP contribution in [0.2, 0.25) is 0 Å². The molecule has 3 atom stereocenters. The lowest BCUT2D eigenvalue weighted by atomic mass is 9.58. The molecule has 2 amide bonds. The SMILES string of the molecule is CCC1(CC)[C@H](NC(=O)N2CCC[C@@H](CO)C2)C[C@H]1OC. The Morgan fingerprint density at radius 1 is 1.43 bits per heavy atom. The molecule has 0 spiro atoms. The topological polar surface area (TPSA) is 61.8 Å². The zero-order valence-electron chi connectivity index (χ0n) is 13.6. The van der Waals surface area contributed by atoms with E-state index < -0.39 is 0 Å². The van der Waals surface area contributed by atoms with Gasteiger partial charge >= 0.3 is 6.03 Å². The summed E-state index contributed by atoms with van der Waals surface area (Å²) in [6.07, 6.45) is 5.20. The van der Waals surface area contributed by atoms with Gasteiger partial charge in [0.15, 0.2) is 0 Å². The van der Waals surface area contributed by atoms with Gasteiger partial charge in [-0.15, -0.1) is 0 Å². The Morgan fingerprint density at radius 2 is 2.14 bits per heavy atom. The van der Waals surface area contributed by atoms with E-state index in [1.807, 2.05) is 4.90 Å². The van der Waals surface area contributed by atoms with Crippen LogP contribution < -0.4 is 5.32 Å². The van der Waals surface area contributed by atoms with E-state index in [9.17, 15) is 9.90 Å². The first kappa shape index (κ1) is 16.6. The molecule has 1 saturated carbocycles. The summed E-state index contributed by atoms with van der Waals surface area (Å²) in [5.74, 6) is 0.236. The van der Waals surface area contributed by atoms with Crippen molar-refractivity contribution in [2.24, 2.45) is 11.3 Å². The number of nitrogens with zero attached hydrogens (tertiary/aromatic N) is 1. The number of rotatable bonds is 5. The summed E-state index contributed by atoms with van der Waals surface area (Å²) in [5, 5.41) is 12.5. The van der Waals surface area contributed by atoms with Crippen LogP contribution >= 0.6 is 0 Å². The van der Waals surface area contributed by atoms with Gasteiger partial charge in [-0.3, -0.25) is 0 Å². The van der Waals surface area contributed by atoms with Crippen molar-refractivity contribution in [2.75, 3.05) is 26.8 Å².